The number of halogens is 4. The number of hydrogen-bond acceptors (Lipinski definition) is 10. The molecular weight excluding hydrogens is 919 g/mol. The highest BCUT2D eigenvalue weighted by Gasteiger charge is 2.49. The molecule has 0 saturated carbocycles. The summed E-state index contributed by atoms with van der Waals surface area (Å²) >= 11 is 7.58. The van der Waals surface area contributed by atoms with Gasteiger partial charge in [-0.2, -0.15) is 13.2 Å². The van der Waals surface area contributed by atoms with E-state index in [1.165, 1.54) is 34.9 Å². The normalized spacial score (nSPS) is 18.0. The number of nitrogens with two attached hydrogens (primary N) is 1. The van der Waals surface area contributed by atoms with Gasteiger partial charge >= 0.3 is 5.51 Å². The molecule has 0 bridgehead atoms. The minimum Gasteiger partial charge on any atom is -0.380 e. The van der Waals surface area contributed by atoms with E-state index in [4.69, 9.17) is 21.5 Å². The zero-order chi connectivity index (χ0) is 46.2. The predicted octanol–water partition coefficient (Wildman–Crippen LogP) is 8.74. The molecule has 0 unspecified atom stereocenters. The largest absolute Gasteiger partial charge is 0.501 e. The maximum absolute atomic E-state index is 15.0. The number of ether oxygens (including phenoxy) is 1. The highest BCUT2D eigenvalue weighted by molar-refractivity contribution is 7.99. The van der Waals surface area contributed by atoms with Gasteiger partial charge in [0.25, 0.3) is 15.7 Å². The van der Waals surface area contributed by atoms with Crippen molar-refractivity contribution in [3.8, 4) is 0 Å². The third-order valence-electron chi connectivity index (χ3n) is 12.3. The second kappa shape index (κ2) is 21.8. The monoisotopic (exact) mass is 973 g/mol. The summed E-state index contributed by atoms with van der Waals surface area (Å²) in [4.78, 5) is 21.6. The lowest BCUT2D eigenvalue weighted by molar-refractivity contribution is -0.0436. The molecule has 350 valence electrons. The van der Waals surface area contributed by atoms with Gasteiger partial charge in [0.05, 0.1) is 17.2 Å². The quantitative estimate of drug-likeness (QED) is 0.115. The van der Waals surface area contributed by atoms with Gasteiger partial charge in [0.1, 0.15) is 4.90 Å². The van der Waals surface area contributed by atoms with E-state index in [0.29, 0.717) is 38.9 Å². The van der Waals surface area contributed by atoms with E-state index in [9.17, 15) is 30.0 Å². The Morgan fingerprint density at radius 3 is 2.20 bits per heavy atom. The molecule has 2 aliphatic heterocycles. The Hall–Kier alpha value is -3.94. The lowest BCUT2D eigenvalue weighted by Gasteiger charge is -2.37. The predicted molar refractivity (Wildman–Crippen MR) is 252 cm³/mol. The van der Waals surface area contributed by atoms with Gasteiger partial charge in [-0.3, -0.25) is 9.69 Å². The van der Waals surface area contributed by atoms with Crippen molar-refractivity contribution >= 4 is 66.1 Å². The van der Waals surface area contributed by atoms with Crippen molar-refractivity contribution in [3.63, 3.8) is 0 Å². The number of thioether (sulfide) groups is 1. The summed E-state index contributed by atoms with van der Waals surface area (Å²) in [7, 11) is -10.9. The van der Waals surface area contributed by atoms with E-state index in [-0.39, 0.29) is 17.7 Å². The van der Waals surface area contributed by atoms with Crippen molar-refractivity contribution < 1.29 is 39.5 Å². The van der Waals surface area contributed by atoms with Crippen LogP contribution < -0.4 is 14.9 Å². The zero-order valence-corrected chi connectivity index (χ0v) is 39.3. The van der Waals surface area contributed by atoms with Crippen LogP contribution in [0, 0.1) is 0 Å². The van der Waals surface area contributed by atoms with Crippen LogP contribution in [-0.2, 0) is 24.6 Å². The number of sulfonamides is 1. The summed E-state index contributed by atoms with van der Waals surface area (Å²) in [5.41, 5.74) is -1.34. The maximum Gasteiger partial charge on any atom is 0.501 e. The number of nitrogens with zero attached hydrogens (tertiary/aromatic N) is 4. The molecule has 0 spiro atoms. The van der Waals surface area contributed by atoms with Gasteiger partial charge in [0.15, 0.2) is 0 Å². The minimum atomic E-state index is -6.21. The van der Waals surface area contributed by atoms with Crippen molar-refractivity contribution in [1.29, 1.82) is 0 Å². The van der Waals surface area contributed by atoms with Gasteiger partial charge in [0.2, 0.25) is 10.0 Å². The number of carbonyl (C=O) groups is 1. The number of sulfone groups is 1. The Morgan fingerprint density at radius 2 is 1.51 bits per heavy atom. The molecule has 4 aromatic rings. The number of piperazine rings is 1. The Kier molecular flexibility index (Phi) is 16.4. The molecule has 1 amide bonds. The van der Waals surface area contributed by atoms with Crippen LogP contribution in [0.25, 0.3) is 5.57 Å². The van der Waals surface area contributed by atoms with Crippen LogP contribution >= 0.6 is 23.4 Å². The molecule has 2 saturated heterocycles. The van der Waals surface area contributed by atoms with Gasteiger partial charge < -0.3 is 19.4 Å². The third kappa shape index (κ3) is 12.5. The summed E-state index contributed by atoms with van der Waals surface area (Å²) in [5.74, 6) is -0.572. The lowest BCUT2D eigenvalue weighted by atomic mass is 9.95. The van der Waals surface area contributed by atoms with Gasteiger partial charge in [-0.1, -0.05) is 53.9 Å². The topological polar surface area (TPSA) is 134 Å². The van der Waals surface area contributed by atoms with Crippen LogP contribution in [0.4, 0.5) is 24.5 Å². The van der Waals surface area contributed by atoms with E-state index in [0.717, 1.165) is 97.5 Å². The molecule has 4 aromatic carbocycles. The first-order valence-corrected chi connectivity index (χ1v) is 26.3. The SMILES string of the molecule is NS(=O)(=O)c1ccc(N(C(=O)c2ccc(N3CCN(CC4=C(c5ccc(Cl)cc5)CCCCC4)CC3)cc2)[C@H](CCN2CCCOCC2)CSc2ccccc2)c(S(=O)(=O)C(F)(F)F)c1. The molecule has 2 heterocycles. The number of anilines is 2. The van der Waals surface area contributed by atoms with Crippen molar-refractivity contribution in [1.82, 2.24) is 9.80 Å². The molecule has 1 aliphatic carbocycles. The Labute approximate surface area is 389 Å². The van der Waals surface area contributed by atoms with Crippen LogP contribution in [0.1, 0.15) is 60.9 Å². The van der Waals surface area contributed by atoms with Crippen LogP contribution in [0.3, 0.4) is 0 Å². The highest BCUT2D eigenvalue weighted by Crippen LogP contribution is 2.40. The maximum atomic E-state index is 15.0. The summed E-state index contributed by atoms with van der Waals surface area (Å²) in [6.45, 7) is 6.78. The number of primary sulfonamides is 1. The summed E-state index contributed by atoms with van der Waals surface area (Å²) in [6.07, 6.45) is 6.63. The van der Waals surface area contributed by atoms with Crippen molar-refractivity contribution in [2.45, 2.75) is 71.2 Å². The zero-order valence-electron chi connectivity index (χ0n) is 36.1. The van der Waals surface area contributed by atoms with E-state index in [2.05, 4.69) is 26.8 Å². The van der Waals surface area contributed by atoms with Gasteiger partial charge in [-0.05, 0) is 116 Å². The number of benzene rings is 4. The van der Waals surface area contributed by atoms with Crippen LogP contribution in [0.15, 0.2) is 117 Å². The van der Waals surface area contributed by atoms with Gasteiger partial charge in [0, 0.05) is 91.9 Å². The molecule has 2 N–H and O–H groups in total. The van der Waals surface area contributed by atoms with Crippen molar-refractivity contribution in [2.75, 3.05) is 81.1 Å². The molecule has 0 aromatic heterocycles. The van der Waals surface area contributed by atoms with Gasteiger partial charge in [-0.15, -0.1) is 11.8 Å². The third-order valence-corrected chi connectivity index (χ3v) is 16.1. The van der Waals surface area contributed by atoms with Crippen LogP contribution in [-0.4, -0.2) is 115 Å². The fourth-order valence-electron chi connectivity index (χ4n) is 8.74. The van der Waals surface area contributed by atoms with Crippen LogP contribution in [0.2, 0.25) is 5.02 Å². The number of allylic oxidation sites excluding steroid dienone is 1. The molecule has 18 heteroatoms. The van der Waals surface area contributed by atoms with E-state index in [1.54, 1.807) is 24.3 Å². The average Bonchev–Trinajstić information content (AvgIpc) is 3.70. The summed E-state index contributed by atoms with van der Waals surface area (Å²) < 4.78 is 101. The number of alkyl halides is 3. The summed E-state index contributed by atoms with van der Waals surface area (Å²) in [6, 6.07) is 25.6. The minimum absolute atomic E-state index is 0.117. The number of carbonyl (C=O) groups excluding carboxylic acids is 1. The fourth-order valence-corrected chi connectivity index (χ4v) is 11.5. The first kappa shape index (κ1) is 49.0. The molecule has 0 radical (unpaired) electrons. The number of hydrogen-bond donors (Lipinski definition) is 1. The smallest absolute Gasteiger partial charge is 0.380 e. The molecule has 2 fully saturated rings. The lowest BCUT2D eigenvalue weighted by Crippen LogP contribution is -2.47. The molecule has 3 aliphatic rings. The first-order valence-electron chi connectivity index (χ1n) is 21.9. The van der Waals surface area contributed by atoms with Gasteiger partial charge in [-0.25, -0.2) is 22.0 Å². The standard InChI is InChI=1S/C47H55ClF3N5O6S3/c48-38-16-12-35(13-17-38)43-11-6-1-3-8-37(43)33-54-25-27-55(28-26-54)39-18-14-36(15-19-39)46(57)56(44-21-20-42(65(52,60)61)32-45(44)64(58,59)47(49,50)51)40(34-63-41-9-4-2-5-10-41)22-24-53-23-7-30-62-31-29-53/h2,4-5,9-10,12-21,32,40H,1,3,6-8,11,22-31,33-34H2,(H2,52,60,61)/t40-/m1/s1. The first-order chi connectivity index (χ1) is 31.1. The van der Waals surface area contributed by atoms with E-state index < -0.39 is 52.8 Å². The van der Waals surface area contributed by atoms with Crippen molar-refractivity contribution in [3.05, 3.63) is 119 Å². The summed E-state index contributed by atoms with van der Waals surface area (Å²) in [5, 5.41) is 6.03. The second-order valence-electron chi connectivity index (χ2n) is 16.6. The van der Waals surface area contributed by atoms with E-state index >= 15 is 4.79 Å². The second-order valence-corrected chi connectivity index (χ2v) is 21.6. The molecule has 7 rings (SSSR count). The average molecular weight is 975 g/mol. The Bertz CT molecular complexity index is 2500. The molecule has 65 heavy (non-hydrogen) atoms. The van der Waals surface area contributed by atoms with Crippen LogP contribution in [0.5, 0.6) is 0 Å². The van der Waals surface area contributed by atoms with Crippen molar-refractivity contribution in [2.24, 2.45) is 5.14 Å². The van der Waals surface area contributed by atoms with E-state index in [1.807, 2.05) is 42.5 Å². The molecule has 11 nitrogen and oxygen atoms in total. The number of amides is 1. The molecule has 1 atom stereocenters. The number of rotatable bonds is 15. The fraction of sp³-hybridized carbons (Fsp3) is 0.426. The molecular formula is C47H55ClF3N5O6S3. The highest BCUT2D eigenvalue weighted by atomic mass is 35.5. The Morgan fingerprint density at radius 1 is 0.800 bits per heavy atom. The Balaban J connectivity index is 1.18.